The molecular formula is C34H27ClF2N4O4. The number of hydrogen-bond acceptors (Lipinski definition) is 6. The van der Waals surface area contributed by atoms with Crippen molar-refractivity contribution in [2.24, 2.45) is 5.41 Å². The number of carboxylic acids is 1. The van der Waals surface area contributed by atoms with Crippen LogP contribution in [0.3, 0.4) is 0 Å². The second kappa shape index (κ2) is 11.9. The zero-order valence-electron chi connectivity index (χ0n) is 24.4. The number of benzene rings is 3. The summed E-state index contributed by atoms with van der Waals surface area (Å²) in [7, 11) is 0. The summed E-state index contributed by atoms with van der Waals surface area (Å²) in [6.07, 6.45) is 0.187. The Morgan fingerprint density at radius 2 is 1.93 bits per heavy atom. The predicted octanol–water partition coefficient (Wildman–Crippen LogP) is 7.37. The van der Waals surface area contributed by atoms with Crippen LogP contribution < -0.4 is 4.74 Å². The van der Waals surface area contributed by atoms with Crippen LogP contribution in [0.15, 0.2) is 66.7 Å². The highest BCUT2D eigenvalue weighted by molar-refractivity contribution is 6.31. The van der Waals surface area contributed by atoms with Crippen LogP contribution in [-0.2, 0) is 17.8 Å². The summed E-state index contributed by atoms with van der Waals surface area (Å²) in [6.45, 7) is 4.97. The van der Waals surface area contributed by atoms with Gasteiger partial charge in [-0.3, -0.25) is 0 Å². The number of halogens is 3. The highest BCUT2D eigenvalue weighted by Crippen LogP contribution is 2.41. The number of fused-ring (bicyclic) bond motifs is 1. The predicted molar refractivity (Wildman–Crippen MR) is 163 cm³/mol. The van der Waals surface area contributed by atoms with Crippen molar-refractivity contribution in [2.45, 2.75) is 32.9 Å². The molecule has 0 amide bonds. The fraction of sp³-hybridized carbons (Fsp3) is 0.235. The lowest BCUT2D eigenvalue weighted by atomic mass is 9.87. The van der Waals surface area contributed by atoms with E-state index in [1.165, 1.54) is 30.3 Å². The molecule has 5 aromatic rings. The Kier molecular flexibility index (Phi) is 7.99. The summed E-state index contributed by atoms with van der Waals surface area (Å²) in [5.74, 6) is -1.41. The average molecular weight is 629 g/mol. The highest BCUT2D eigenvalue weighted by atomic mass is 35.5. The second-order valence-corrected chi connectivity index (χ2v) is 12.0. The summed E-state index contributed by atoms with van der Waals surface area (Å²) in [6, 6.07) is 18.3. The maximum Gasteiger partial charge on any atom is 0.335 e. The number of ether oxygens (including phenoxy) is 2. The molecular weight excluding hydrogens is 602 g/mol. The van der Waals surface area contributed by atoms with E-state index in [4.69, 9.17) is 31.3 Å². The van der Waals surface area contributed by atoms with Gasteiger partial charge in [-0.1, -0.05) is 37.6 Å². The first-order valence-electron chi connectivity index (χ1n) is 14.1. The van der Waals surface area contributed by atoms with E-state index in [0.717, 1.165) is 6.07 Å². The number of carboxylic acid groups (broad SMARTS) is 1. The first kappa shape index (κ1) is 30.2. The molecule has 1 aliphatic heterocycles. The molecule has 1 saturated heterocycles. The second-order valence-electron chi connectivity index (χ2n) is 11.6. The molecule has 1 atom stereocenters. The molecule has 1 N–H and O–H groups in total. The van der Waals surface area contributed by atoms with Crippen LogP contribution in [0.5, 0.6) is 5.88 Å². The van der Waals surface area contributed by atoms with Gasteiger partial charge in [0.2, 0.25) is 5.88 Å². The molecule has 1 aliphatic rings. The number of pyridine rings is 1. The number of carbonyl (C=O) groups is 1. The minimum absolute atomic E-state index is 0.130. The molecule has 0 spiro atoms. The van der Waals surface area contributed by atoms with Gasteiger partial charge in [-0.05, 0) is 54.1 Å². The molecule has 11 heteroatoms. The van der Waals surface area contributed by atoms with Gasteiger partial charge < -0.3 is 19.1 Å². The first-order chi connectivity index (χ1) is 21.5. The third-order valence-electron chi connectivity index (χ3n) is 8.01. The molecule has 0 bridgehead atoms. The summed E-state index contributed by atoms with van der Waals surface area (Å²) < 4.78 is 43.4. The minimum atomic E-state index is -1.04. The van der Waals surface area contributed by atoms with Crippen molar-refractivity contribution in [1.82, 2.24) is 14.5 Å². The minimum Gasteiger partial charge on any atom is -0.478 e. The number of hydrogen-bond donors (Lipinski definition) is 1. The van der Waals surface area contributed by atoms with E-state index in [-0.39, 0.29) is 58.3 Å². The Labute approximate surface area is 262 Å². The molecule has 1 fully saturated rings. The van der Waals surface area contributed by atoms with E-state index in [1.54, 1.807) is 30.3 Å². The lowest BCUT2D eigenvalue weighted by molar-refractivity contribution is 0.0697. The van der Waals surface area contributed by atoms with Gasteiger partial charge in [0.15, 0.2) is 0 Å². The first-order valence-corrected chi connectivity index (χ1v) is 14.5. The van der Waals surface area contributed by atoms with Gasteiger partial charge in [-0.25, -0.2) is 23.5 Å². The van der Waals surface area contributed by atoms with Gasteiger partial charge in [0.25, 0.3) is 0 Å². The van der Waals surface area contributed by atoms with Gasteiger partial charge in [-0.15, -0.1) is 0 Å². The maximum absolute atomic E-state index is 15.7. The molecule has 8 nitrogen and oxygen atoms in total. The number of nitrogens with zero attached hydrogens (tertiary/aromatic N) is 4. The van der Waals surface area contributed by atoms with Gasteiger partial charge in [0.1, 0.15) is 24.1 Å². The van der Waals surface area contributed by atoms with Crippen LogP contribution in [0.2, 0.25) is 5.02 Å². The molecule has 45 heavy (non-hydrogen) atoms. The Morgan fingerprint density at radius 3 is 2.64 bits per heavy atom. The van der Waals surface area contributed by atoms with Crippen molar-refractivity contribution in [3.63, 3.8) is 0 Å². The molecule has 3 aromatic carbocycles. The lowest BCUT2D eigenvalue weighted by Crippen LogP contribution is -2.27. The molecule has 0 aliphatic carbocycles. The largest absolute Gasteiger partial charge is 0.478 e. The SMILES string of the molecule is CC1(C)COCC1n1c(Cc2cc(F)c(-c3cccc(OCc4ccc(C#N)cc4F)n3)cc2Cl)nc2ccc(C(=O)O)cc21. The third-order valence-corrected chi connectivity index (χ3v) is 8.37. The Hall–Kier alpha value is -4.85. The lowest BCUT2D eigenvalue weighted by Gasteiger charge is -2.28. The van der Waals surface area contributed by atoms with Crippen molar-refractivity contribution >= 4 is 28.6 Å². The molecule has 1 unspecified atom stereocenters. The molecule has 6 rings (SSSR count). The normalized spacial score (nSPS) is 15.7. The van der Waals surface area contributed by atoms with Crippen molar-refractivity contribution in [2.75, 3.05) is 13.2 Å². The molecule has 0 radical (unpaired) electrons. The summed E-state index contributed by atoms with van der Waals surface area (Å²) in [5, 5.41) is 18.8. The van der Waals surface area contributed by atoms with Crippen LogP contribution >= 0.6 is 11.6 Å². The van der Waals surface area contributed by atoms with Crippen LogP contribution in [0.1, 0.15) is 52.8 Å². The molecule has 228 valence electrons. The Morgan fingerprint density at radius 1 is 1.11 bits per heavy atom. The van der Waals surface area contributed by atoms with Gasteiger partial charge in [0.05, 0.1) is 53.2 Å². The monoisotopic (exact) mass is 628 g/mol. The van der Waals surface area contributed by atoms with Gasteiger partial charge in [0, 0.05) is 34.1 Å². The van der Waals surface area contributed by atoms with Crippen molar-refractivity contribution in [1.29, 1.82) is 5.26 Å². The smallest absolute Gasteiger partial charge is 0.335 e. The maximum atomic E-state index is 15.7. The third kappa shape index (κ3) is 5.97. The van der Waals surface area contributed by atoms with Crippen LogP contribution in [-0.4, -0.2) is 38.8 Å². The number of rotatable bonds is 8. The van der Waals surface area contributed by atoms with E-state index < -0.39 is 17.6 Å². The number of aromatic carboxylic acids is 1. The summed E-state index contributed by atoms with van der Waals surface area (Å²) in [5.41, 5.74) is 2.53. The van der Waals surface area contributed by atoms with Crippen LogP contribution in [0, 0.1) is 28.4 Å². The zero-order chi connectivity index (χ0) is 31.9. The summed E-state index contributed by atoms with van der Waals surface area (Å²) in [4.78, 5) is 20.9. The van der Waals surface area contributed by atoms with Gasteiger partial charge in [-0.2, -0.15) is 5.26 Å². The van der Waals surface area contributed by atoms with Crippen molar-refractivity contribution in [3.05, 3.63) is 111 Å². The molecule has 3 heterocycles. The van der Waals surface area contributed by atoms with Crippen molar-refractivity contribution < 1.29 is 28.2 Å². The Bertz CT molecular complexity index is 2000. The van der Waals surface area contributed by atoms with E-state index >= 15 is 4.39 Å². The average Bonchev–Trinajstić information content (AvgIpc) is 3.55. The topological polar surface area (TPSA) is 110 Å². The standard InChI is InChI=1S/C34H27ClF2N4O4/c1-34(2)18-44-17-30(34)41-29-12-20(33(42)43)8-9-28(29)39-31(41)13-22-11-26(37)23(14-24(22)35)27-4-3-5-32(40-27)45-16-21-7-6-19(15-38)10-25(21)36/h3-12,14,30H,13,16-18H2,1-2H3,(H,42,43). The van der Waals surface area contributed by atoms with E-state index in [0.29, 0.717) is 40.7 Å². The highest BCUT2D eigenvalue weighted by Gasteiger charge is 2.39. The van der Waals surface area contributed by atoms with E-state index in [9.17, 15) is 14.3 Å². The Balaban J connectivity index is 1.30. The fourth-order valence-electron chi connectivity index (χ4n) is 5.55. The van der Waals surface area contributed by atoms with Gasteiger partial charge >= 0.3 is 5.97 Å². The molecule has 2 aromatic heterocycles. The fourth-order valence-corrected chi connectivity index (χ4v) is 5.78. The zero-order valence-corrected chi connectivity index (χ0v) is 25.1. The van der Waals surface area contributed by atoms with Crippen LogP contribution in [0.4, 0.5) is 8.78 Å². The summed E-state index contributed by atoms with van der Waals surface area (Å²) >= 11 is 6.73. The number of aromatic nitrogens is 3. The van der Waals surface area contributed by atoms with Crippen LogP contribution in [0.25, 0.3) is 22.3 Å². The molecule has 0 saturated carbocycles. The van der Waals surface area contributed by atoms with E-state index in [2.05, 4.69) is 18.8 Å². The number of imidazole rings is 1. The van der Waals surface area contributed by atoms with Crippen molar-refractivity contribution in [3.8, 4) is 23.2 Å². The quantitative estimate of drug-likeness (QED) is 0.191. The van der Waals surface area contributed by atoms with E-state index in [1.807, 2.05) is 10.6 Å². The number of nitriles is 1.